The van der Waals surface area contributed by atoms with Crippen molar-refractivity contribution in [2.75, 3.05) is 4.90 Å². The van der Waals surface area contributed by atoms with Crippen LogP contribution in [0.1, 0.15) is 28.9 Å². The van der Waals surface area contributed by atoms with E-state index in [1.807, 2.05) is 6.07 Å². The van der Waals surface area contributed by atoms with E-state index in [-0.39, 0.29) is 6.04 Å². The molecule has 3 aliphatic carbocycles. The Balaban J connectivity index is 1.38. The fraction of sp³-hybridized carbons (Fsp3) is 0.0769. The van der Waals surface area contributed by atoms with Gasteiger partial charge < -0.3 is 9.32 Å². The zero-order valence-electron chi connectivity index (χ0n) is 22.8. The van der Waals surface area contributed by atoms with Gasteiger partial charge in [0.25, 0.3) is 0 Å². The van der Waals surface area contributed by atoms with Gasteiger partial charge in [0.15, 0.2) is 0 Å². The van der Waals surface area contributed by atoms with E-state index in [4.69, 9.17) is 16.0 Å². The monoisotopic (exact) mass is 559 g/mol. The Morgan fingerprint density at radius 2 is 1.43 bits per heavy atom. The number of benzene rings is 5. The van der Waals surface area contributed by atoms with Crippen LogP contribution in [0.3, 0.4) is 0 Å². The Labute approximate surface area is 249 Å². The van der Waals surface area contributed by atoms with Gasteiger partial charge in [0.2, 0.25) is 0 Å². The lowest BCUT2D eigenvalue weighted by atomic mass is 9.73. The second-order valence-electron chi connectivity index (χ2n) is 11.3. The van der Waals surface area contributed by atoms with Crippen LogP contribution >= 0.6 is 11.6 Å². The number of anilines is 2. The van der Waals surface area contributed by atoms with E-state index in [0.717, 1.165) is 33.9 Å². The highest BCUT2D eigenvalue weighted by Gasteiger charge is 2.55. The van der Waals surface area contributed by atoms with Crippen LogP contribution in [0.4, 0.5) is 11.4 Å². The molecule has 2 atom stereocenters. The third-order valence-corrected chi connectivity index (χ3v) is 9.46. The summed E-state index contributed by atoms with van der Waals surface area (Å²) in [5.74, 6) is 0.982. The van der Waals surface area contributed by atoms with Crippen LogP contribution in [0.2, 0.25) is 5.02 Å². The summed E-state index contributed by atoms with van der Waals surface area (Å²) in [6.07, 6.45) is 9.79. The maximum atomic E-state index is 6.91. The molecule has 0 saturated carbocycles. The van der Waals surface area contributed by atoms with Crippen LogP contribution in [-0.2, 0) is 5.41 Å². The van der Waals surface area contributed by atoms with Gasteiger partial charge in [0, 0.05) is 27.3 Å². The van der Waals surface area contributed by atoms with E-state index in [1.165, 1.54) is 44.6 Å². The Bertz CT molecular complexity index is 2100. The van der Waals surface area contributed by atoms with Crippen LogP contribution in [-0.4, -0.2) is 6.04 Å². The van der Waals surface area contributed by atoms with Crippen LogP contribution in [0, 0.1) is 0 Å². The quantitative estimate of drug-likeness (QED) is 0.214. The maximum absolute atomic E-state index is 6.91. The van der Waals surface area contributed by atoms with Gasteiger partial charge in [-0.25, -0.2) is 0 Å². The molecule has 0 bridgehead atoms. The molecule has 42 heavy (non-hydrogen) atoms. The molecule has 200 valence electrons. The Morgan fingerprint density at radius 3 is 2.31 bits per heavy atom. The number of para-hydroxylation sites is 2. The molecule has 5 aromatic carbocycles. The van der Waals surface area contributed by atoms with Crippen molar-refractivity contribution in [3.05, 3.63) is 167 Å². The smallest absolute Gasteiger partial charge is 0.135 e. The Hall–Kier alpha value is -4.79. The lowest BCUT2D eigenvalue weighted by molar-refractivity contribution is 0.506. The highest BCUT2D eigenvalue weighted by molar-refractivity contribution is 6.31. The maximum Gasteiger partial charge on any atom is 0.135 e. The van der Waals surface area contributed by atoms with Gasteiger partial charge in [-0.05, 0) is 82.3 Å². The molecule has 3 aliphatic rings. The average Bonchev–Trinajstić information content (AvgIpc) is 3.65. The number of hydrogen-bond donors (Lipinski definition) is 0. The molecule has 1 heterocycles. The molecule has 0 fully saturated rings. The molecule has 6 aromatic rings. The number of allylic oxidation sites excluding steroid dienone is 2. The zero-order chi connectivity index (χ0) is 27.8. The normalized spacial score (nSPS) is 19.1. The van der Waals surface area contributed by atoms with Gasteiger partial charge in [0.05, 0.1) is 6.04 Å². The lowest BCUT2D eigenvalue weighted by Crippen LogP contribution is -2.30. The summed E-state index contributed by atoms with van der Waals surface area (Å²) in [7, 11) is 0. The second kappa shape index (κ2) is 8.85. The first-order valence-corrected chi connectivity index (χ1v) is 14.9. The molecule has 2 unspecified atom stereocenters. The van der Waals surface area contributed by atoms with Crippen molar-refractivity contribution in [3.63, 3.8) is 0 Å². The lowest BCUT2D eigenvalue weighted by Gasteiger charge is -2.34. The number of nitrogens with zero attached hydrogens (tertiary/aromatic N) is 1. The summed E-state index contributed by atoms with van der Waals surface area (Å²) < 4.78 is 6.91. The molecule has 2 nitrogen and oxygen atoms in total. The summed E-state index contributed by atoms with van der Waals surface area (Å²) in [5.41, 5.74) is 11.1. The highest BCUT2D eigenvalue weighted by Crippen LogP contribution is 2.65. The molecule has 0 amide bonds. The Kier molecular flexibility index (Phi) is 5.03. The molecule has 0 N–H and O–H groups in total. The fourth-order valence-corrected chi connectivity index (χ4v) is 7.75. The van der Waals surface area contributed by atoms with Crippen molar-refractivity contribution < 1.29 is 4.42 Å². The van der Waals surface area contributed by atoms with Crippen molar-refractivity contribution in [1.29, 1.82) is 0 Å². The minimum atomic E-state index is -0.610. The molecule has 1 aromatic heterocycles. The average molecular weight is 560 g/mol. The molecule has 3 heteroatoms. The van der Waals surface area contributed by atoms with Gasteiger partial charge in [-0.2, -0.15) is 0 Å². The van der Waals surface area contributed by atoms with Crippen molar-refractivity contribution in [2.24, 2.45) is 0 Å². The minimum absolute atomic E-state index is 0.210. The molecular formula is C39H26ClNO. The number of furan rings is 1. The largest absolute Gasteiger partial charge is 0.459 e. The van der Waals surface area contributed by atoms with Crippen LogP contribution in [0.5, 0.6) is 0 Å². The molecule has 0 saturated heterocycles. The SMILES string of the molecule is Clc1ccc2c(c1)C1(c3ccccc3-c3ccc(N(c4ccccc4)C4C=CC=CC4)cc31)c1oc3ccccc3c1-2. The summed E-state index contributed by atoms with van der Waals surface area (Å²) in [6, 6.07) is 41.4. The van der Waals surface area contributed by atoms with Crippen LogP contribution in [0.25, 0.3) is 33.2 Å². The van der Waals surface area contributed by atoms with Crippen molar-refractivity contribution in [3.8, 4) is 22.3 Å². The van der Waals surface area contributed by atoms with E-state index < -0.39 is 5.41 Å². The van der Waals surface area contributed by atoms with E-state index in [9.17, 15) is 0 Å². The second-order valence-corrected chi connectivity index (χ2v) is 11.8. The van der Waals surface area contributed by atoms with Gasteiger partial charge in [-0.1, -0.05) is 109 Å². The van der Waals surface area contributed by atoms with Gasteiger partial charge in [0.1, 0.15) is 16.8 Å². The van der Waals surface area contributed by atoms with E-state index in [1.54, 1.807) is 0 Å². The fourth-order valence-electron chi connectivity index (χ4n) is 7.58. The van der Waals surface area contributed by atoms with Crippen molar-refractivity contribution in [1.82, 2.24) is 0 Å². The zero-order valence-corrected chi connectivity index (χ0v) is 23.6. The standard InChI is InChI=1S/C39H26ClNO/c40-25-19-21-31-34(23-25)39(38-37(31)32-16-8-10-18-36(32)42-38)33-17-9-7-15-29(33)30-22-20-28(24-35(30)39)41(26-11-3-1-4-12-26)27-13-5-2-6-14-27/h1-13,15-24,27H,14H2. The number of fused-ring (bicyclic) bond motifs is 12. The third-order valence-electron chi connectivity index (χ3n) is 9.22. The third kappa shape index (κ3) is 3.10. The first-order valence-electron chi connectivity index (χ1n) is 14.5. The summed E-state index contributed by atoms with van der Waals surface area (Å²) in [6.45, 7) is 0. The number of rotatable bonds is 3. The molecule has 1 spiro atoms. The molecule has 0 aliphatic heterocycles. The Morgan fingerprint density at radius 1 is 0.667 bits per heavy atom. The predicted molar refractivity (Wildman–Crippen MR) is 173 cm³/mol. The molecular weight excluding hydrogens is 534 g/mol. The van der Waals surface area contributed by atoms with Crippen molar-refractivity contribution in [2.45, 2.75) is 17.9 Å². The van der Waals surface area contributed by atoms with Crippen molar-refractivity contribution >= 4 is 33.9 Å². The van der Waals surface area contributed by atoms with Gasteiger partial charge in [-0.3, -0.25) is 0 Å². The van der Waals surface area contributed by atoms with Gasteiger partial charge in [-0.15, -0.1) is 0 Å². The van der Waals surface area contributed by atoms with E-state index >= 15 is 0 Å². The first-order chi connectivity index (χ1) is 20.7. The minimum Gasteiger partial charge on any atom is -0.459 e. The summed E-state index contributed by atoms with van der Waals surface area (Å²) in [5, 5.41) is 1.87. The predicted octanol–water partition coefficient (Wildman–Crippen LogP) is 10.5. The number of halogens is 1. The molecule has 9 rings (SSSR count). The van der Waals surface area contributed by atoms with Crippen LogP contribution in [0.15, 0.2) is 144 Å². The first kappa shape index (κ1) is 23.9. The summed E-state index contributed by atoms with van der Waals surface area (Å²) >= 11 is 6.78. The number of hydrogen-bond acceptors (Lipinski definition) is 2. The van der Waals surface area contributed by atoms with E-state index in [2.05, 4.69) is 138 Å². The molecule has 0 radical (unpaired) electrons. The van der Waals surface area contributed by atoms with Crippen LogP contribution < -0.4 is 4.90 Å². The topological polar surface area (TPSA) is 16.4 Å². The summed E-state index contributed by atoms with van der Waals surface area (Å²) in [4.78, 5) is 2.46. The highest BCUT2D eigenvalue weighted by atomic mass is 35.5. The van der Waals surface area contributed by atoms with E-state index in [0.29, 0.717) is 0 Å². The van der Waals surface area contributed by atoms with Gasteiger partial charge >= 0.3 is 0 Å².